The zero-order chi connectivity index (χ0) is 10.4. The minimum absolute atomic E-state index is 0.0749. The van der Waals surface area contributed by atoms with E-state index in [2.05, 4.69) is 18.4 Å². The predicted molar refractivity (Wildman–Crippen MR) is 53.5 cm³/mol. The molecule has 3 heteroatoms. The number of rotatable bonds is 5. The van der Waals surface area contributed by atoms with Gasteiger partial charge in [0.15, 0.2) is 0 Å². The van der Waals surface area contributed by atoms with Crippen LogP contribution in [-0.2, 0) is 9.53 Å². The number of likely N-dealkylation sites (N-methyl/N-ethyl adjacent to an activating group) is 1. The number of carbonyl (C=O) groups is 1. The molecule has 0 saturated carbocycles. The summed E-state index contributed by atoms with van der Waals surface area (Å²) in [5.74, 6) is -0.308. The maximum atomic E-state index is 11.1. The Morgan fingerprint density at radius 3 is 2.54 bits per heavy atom. The molecule has 1 unspecified atom stereocenters. The van der Waals surface area contributed by atoms with E-state index in [4.69, 9.17) is 4.74 Å². The average molecular weight is 185 g/mol. The first-order valence-corrected chi connectivity index (χ1v) is 4.52. The molecule has 0 fully saturated rings. The fourth-order valence-corrected chi connectivity index (χ4v) is 0.889. The lowest BCUT2D eigenvalue weighted by molar-refractivity contribution is -0.144. The van der Waals surface area contributed by atoms with Crippen molar-refractivity contribution in [3.63, 3.8) is 0 Å². The minimum Gasteiger partial charge on any atom is -0.458 e. The Labute approximate surface area is 80.4 Å². The zero-order valence-electron chi connectivity index (χ0n) is 8.96. The first-order valence-electron chi connectivity index (χ1n) is 4.52. The molecule has 0 saturated heterocycles. The molecule has 76 valence electrons. The van der Waals surface area contributed by atoms with E-state index in [-0.39, 0.29) is 12.1 Å². The van der Waals surface area contributed by atoms with Crippen molar-refractivity contribution in [2.45, 2.75) is 26.9 Å². The van der Waals surface area contributed by atoms with Crippen molar-refractivity contribution in [2.75, 3.05) is 20.1 Å². The van der Waals surface area contributed by atoms with Crippen molar-refractivity contribution in [3.05, 3.63) is 12.2 Å². The highest BCUT2D eigenvalue weighted by Crippen LogP contribution is 1.99. The van der Waals surface area contributed by atoms with Gasteiger partial charge in [0.1, 0.15) is 6.10 Å². The standard InChI is InChI=1S/C10H19NO2/c1-6-11(5)7-9(4)13-10(12)8(2)3/h9H,2,6-7H2,1,3-5H3. The molecule has 0 aromatic rings. The number of nitrogens with zero attached hydrogens (tertiary/aromatic N) is 1. The molecule has 3 nitrogen and oxygen atoms in total. The monoisotopic (exact) mass is 185 g/mol. The topological polar surface area (TPSA) is 29.5 Å². The second-order valence-electron chi connectivity index (χ2n) is 3.35. The van der Waals surface area contributed by atoms with Gasteiger partial charge >= 0.3 is 5.97 Å². The fraction of sp³-hybridized carbons (Fsp3) is 0.700. The Morgan fingerprint density at radius 1 is 1.62 bits per heavy atom. The van der Waals surface area contributed by atoms with E-state index in [9.17, 15) is 4.79 Å². The van der Waals surface area contributed by atoms with E-state index in [1.54, 1.807) is 6.92 Å². The number of ether oxygens (including phenoxy) is 1. The van der Waals surface area contributed by atoms with Crippen LogP contribution >= 0.6 is 0 Å². The molecule has 0 N–H and O–H groups in total. The second kappa shape index (κ2) is 5.75. The maximum absolute atomic E-state index is 11.1. The third kappa shape index (κ3) is 5.42. The van der Waals surface area contributed by atoms with Crippen LogP contribution in [0.1, 0.15) is 20.8 Å². The number of hydrogen-bond donors (Lipinski definition) is 0. The first kappa shape index (κ1) is 12.2. The first-order chi connectivity index (χ1) is 5.97. The molecule has 0 bridgehead atoms. The predicted octanol–water partition coefficient (Wildman–Crippen LogP) is 1.45. The van der Waals surface area contributed by atoms with Crippen molar-refractivity contribution in [3.8, 4) is 0 Å². The van der Waals surface area contributed by atoms with Gasteiger partial charge in [-0.2, -0.15) is 0 Å². The van der Waals surface area contributed by atoms with Gasteiger partial charge in [0.05, 0.1) is 0 Å². The smallest absolute Gasteiger partial charge is 0.333 e. The number of esters is 1. The Morgan fingerprint density at radius 2 is 2.15 bits per heavy atom. The molecule has 0 aliphatic rings. The molecule has 0 amide bonds. The van der Waals surface area contributed by atoms with E-state index in [0.29, 0.717) is 5.57 Å². The van der Waals surface area contributed by atoms with Crippen molar-refractivity contribution < 1.29 is 9.53 Å². The van der Waals surface area contributed by atoms with Crippen LogP contribution in [0.25, 0.3) is 0 Å². The van der Waals surface area contributed by atoms with E-state index in [1.165, 1.54) is 0 Å². The lowest BCUT2D eigenvalue weighted by Gasteiger charge is -2.19. The molecule has 1 atom stereocenters. The lowest BCUT2D eigenvalue weighted by atomic mass is 10.3. The van der Waals surface area contributed by atoms with Crippen molar-refractivity contribution in [1.29, 1.82) is 0 Å². The van der Waals surface area contributed by atoms with Crippen molar-refractivity contribution in [2.24, 2.45) is 0 Å². The molecule has 0 spiro atoms. The van der Waals surface area contributed by atoms with Gasteiger partial charge in [-0.1, -0.05) is 13.5 Å². The highest BCUT2D eigenvalue weighted by molar-refractivity contribution is 5.87. The summed E-state index contributed by atoms with van der Waals surface area (Å²) < 4.78 is 5.10. The van der Waals surface area contributed by atoms with Crippen LogP contribution in [-0.4, -0.2) is 37.1 Å². The van der Waals surface area contributed by atoms with E-state index in [1.807, 2.05) is 14.0 Å². The van der Waals surface area contributed by atoms with Crippen LogP contribution in [0.5, 0.6) is 0 Å². The fourth-order valence-electron chi connectivity index (χ4n) is 0.889. The molecule has 0 aliphatic carbocycles. The third-order valence-electron chi connectivity index (χ3n) is 1.77. The van der Waals surface area contributed by atoms with Gasteiger partial charge in [-0.25, -0.2) is 4.79 Å². The summed E-state index contributed by atoms with van der Waals surface area (Å²) in [6.07, 6.45) is -0.0749. The molecule has 0 heterocycles. The normalized spacial score (nSPS) is 12.7. The van der Waals surface area contributed by atoms with Gasteiger partial charge in [0, 0.05) is 12.1 Å². The molecule has 0 aromatic carbocycles. The van der Waals surface area contributed by atoms with Crippen LogP contribution in [0, 0.1) is 0 Å². The van der Waals surface area contributed by atoms with Crippen LogP contribution < -0.4 is 0 Å². The van der Waals surface area contributed by atoms with Gasteiger partial charge in [0.2, 0.25) is 0 Å². The highest BCUT2D eigenvalue weighted by Gasteiger charge is 2.10. The van der Waals surface area contributed by atoms with Gasteiger partial charge in [-0.15, -0.1) is 0 Å². The van der Waals surface area contributed by atoms with E-state index >= 15 is 0 Å². The van der Waals surface area contributed by atoms with E-state index in [0.717, 1.165) is 13.1 Å². The molecular weight excluding hydrogens is 166 g/mol. The van der Waals surface area contributed by atoms with Gasteiger partial charge in [0.25, 0.3) is 0 Å². The summed E-state index contributed by atoms with van der Waals surface area (Å²) in [5, 5.41) is 0. The molecule has 13 heavy (non-hydrogen) atoms. The number of carbonyl (C=O) groups excluding carboxylic acids is 1. The molecule has 0 aromatic heterocycles. The average Bonchev–Trinajstić information content (AvgIpc) is 2.03. The molecular formula is C10H19NO2. The van der Waals surface area contributed by atoms with Crippen molar-refractivity contribution >= 4 is 5.97 Å². The lowest BCUT2D eigenvalue weighted by Crippen LogP contribution is -2.30. The zero-order valence-corrected chi connectivity index (χ0v) is 8.96. The minimum atomic E-state index is -0.308. The van der Waals surface area contributed by atoms with Crippen molar-refractivity contribution in [1.82, 2.24) is 4.90 Å². The third-order valence-corrected chi connectivity index (χ3v) is 1.77. The van der Waals surface area contributed by atoms with Gasteiger partial charge in [-0.3, -0.25) is 0 Å². The van der Waals surface area contributed by atoms with E-state index < -0.39 is 0 Å². The summed E-state index contributed by atoms with van der Waals surface area (Å²) in [4.78, 5) is 13.2. The second-order valence-corrected chi connectivity index (χ2v) is 3.35. The Hall–Kier alpha value is -0.830. The van der Waals surface area contributed by atoms with Crippen LogP contribution in [0.4, 0.5) is 0 Å². The summed E-state index contributed by atoms with van der Waals surface area (Å²) in [5.41, 5.74) is 0.450. The summed E-state index contributed by atoms with van der Waals surface area (Å²) >= 11 is 0. The van der Waals surface area contributed by atoms with Crippen LogP contribution in [0.3, 0.4) is 0 Å². The van der Waals surface area contributed by atoms with Crippen LogP contribution in [0.15, 0.2) is 12.2 Å². The largest absolute Gasteiger partial charge is 0.458 e. The molecule has 0 radical (unpaired) electrons. The Balaban J connectivity index is 3.80. The quantitative estimate of drug-likeness (QED) is 0.479. The van der Waals surface area contributed by atoms with Crippen LogP contribution in [0.2, 0.25) is 0 Å². The van der Waals surface area contributed by atoms with Gasteiger partial charge < -0.3 is 9.64 Å². The maximum Gasteiger partial charge on any atom is 0.333 e. The Kier molecular flexibility index (Phi) is 5.39. The number of hydrogen-bond acceptors (Lipinski definition) is 3. The SMILES string of the molecule is C=C(C)C(=O)OC(C)CN(C)CC. The highest BCUT2D eigenvalue weighted by atomic mass is 16.5. The molecule has 0 aliphatic heterocycles. The van der Waals surface area contributed by atoms with Gasteiger partial charge in [-0.05, 0) is 27.4 Å². The molecule has 0 rings (SSSR count). The summed E-state index contributed by atoms with van der Waals surface area (Å²) in [6.45, 7) is 10.8. The summed E-state index contributed by atoms with van der Waals surface area (Å²) in [6, 6.07) is 0. The summed E-state index contributed by atoms with van der Waals surface area (Å²) in [7, 11) is 1.99. The Bertz CT molecular complexity index is 189.